The maximum atomic E-state index is 12.7. The third-order valence-electron chi connectivity index (χ3n) is 5.38. The van der Waals surface area contributed by atoms with Crippen LogP contribution in [-0.4, -0.2) is 21.6 Å². The fraction of sp³-hybridized carbons (Fsp3) is 0.591. The summed E-state index contributed by atoms with van der Waals surface area (Å²) in [6, 6.07) is 8.41. The molecule has 1 heterocycles. The van der Waals surface area contributed by atoms with Gasteiger partial charge in [0.2, 0.25) is 11.8 Å². The SMILES string of the molecule is CC(C)(C)c1noc(CCC(=O)NC2(Cc3ccc(Br)cc3)CCCCC2)n1. The molecule has 1 N–H and O–H groups in total. The molecule has 3 rings (SSSR count). The van der Waals surface area contributed by atoms with Gasteiger partial charge in [0.15, 0.2) is 5.82 Å². The van der Waals surface area contributed by atoms with E-state index in [9.17, 15) is 4.79 Å². The molecule has 0 radical (unpaired) electrons. The Labute approximate surface area is 175 Å². The van der Waals surface area contributed by atoms with Gasteiger partial charge >= 0.3 is 0 Å². The summed E-state index contributed by atoms with van der Waals surface area (Å²) < 4.78 is 6.39. The number of aryl methyl sites for hydroxylation is 1. The second-order valence-electron chi connectivity index (χ2n) is 8.95. The van der Waals surface area contributed by atoms with E-state index in [0.717, 1.165) is 36.6 Å². The zero-order valence-electron chi connectivity index (χ0n) is 17.1. The Kier molecular flexibility index (Phi) is 6.58. The Morgan fingerprint density at radius 3 is 2.46 bits per heavy atom. The van der Waals surface area contributed by atoms with Crippen LogP contribution in [0.2, 0.25) is 0 Å². The van der Waals surface area contributed by atoms with Gasteiger partial charge in [-0.05, 0) is 37.0 Å². The predicted molar refractivity (Wildman–Crippen MR) is 113 cm³/mol. The highest BCUT2D eigenvalue weighted by atomic mass is 79.9. The van der Waals surface area contributed by atoms with Crippen molar-refractivity contribution in [2.75, 3.05) is 0 Å². The van der Waals surface area contributed by atoms with Crippen molar-refractivity contribution >= 4 is 21.8 Å². The van der Waals surface area contributed by atoms with E-state index in [1.807, 2.05) is 20.8 Å². The molecule has 2 aromatic rings. The van der Waals surface area contributed by atoms with Crippen molar-refractivity contribution in [3.63, 3.8) is 0 Å². The fourth-order valence-corrected chi connectivity index (χ4v) is 4.07. The molecule has 0 bridgehead atoms. The molecular formula is C22H30BrN3O2. The van der Waals surface area contributed by atoms with Crippen LogP contribution in [0.4, 0.5) is 0 Å². The van der Waals surface area contributed by atoms with E-state index in [1.165, 1.54) is 12.0 Å². The summed E-state index contributed by atoms with van der Waals surface area (Å²) in [5, 5.41) is 7.40. The standard InChI is InChI=1S/C22H30BrN3O2/c1-21(2,3)20-24-19(28-26-20)12-11-18(27)25-22(13-5-4-6-14-22)15-16-7-9-17(23)10-8-16/h7-10H,4-6,11-15H2,1-3H3,(H,25,27). The quantitative estimate of drug-likeness (QED) is 0.666. The van der Waals surface area contributed by atoms with Gasteiger partial charge in [-0.2, -0.15) is 4.98 Å². The highest BCUT2D eigenvalue weighted by molar-refractivity contribution is 9.10. The number of amides is 1. The molecule has 0 unspecified atom stereocenters. The summed E-state index contributed by atoms with van der Waals surface area (Å²) in [5.41, 5.74) is 0.965. The molecule has 0 spiro atoms. The normalized spacial score (nSPS) is 16.7. The van der Waals surface area contributed by atoms with Crippen molar-refractivity contribution in [3.05, 3.63) is 46.0 Å². The van der Waals surface area contributed by atoms with Gasteiger partial charge in [0, 0.05) is 28.3 Å². The van der Waals surface area contributed by atoms with Crippen LogP contribution in [0.1, 0.15) is 76.6 Å². The number of rotatable bonds is 6. The van der Waals surface area contributed by atoms with Crippen LogP contribution in [-0.2, 0) is 23.1 Å². The second kappa shape index (κ2) is 8.76. The summed E-state index contributed by atoms with van der Waals surface area (Å²) >= 11 is 3.49. The summed E-state index contributed by atoms with van der Waals surface area (Å²) in [6.07, 6.45) is 7.35. The lowest BCUT2D eigenvalue weighted by Crippen LogP contribution is -2.51. The average Bonchev–Trinajstić information content (AvgIpc) is 3.12. The molecule has 1 aromatic heterocycles. The maximum absolute atomic E-state index is 12.7. The minimum absolute atomic E-state index is 0.0644. The van der Waals surface area contributed by atoms with Crippen molar-refractivity contribution in [1.82, 2.24) is 15.5 Å². The van der Waals surface area contributed by atoms with E-state index < -0.39 is 0 Å². The molecule has 6 heteroatoms. The lowest BCUT2D eigenvalue weighted by atomic mass is 9.77. The zero-order chi connectivity index (χ0) is 20.2. The lowest BCUT2D eigenvalue weighted by Gasteiger charge is -2.38. The average molecular weight is 448 g/mol. The lowest BCUT2D eigenvalue weighted by molar-refractivity contribution is -0.123. The third-order valence-corrected chi connectivity index (χ3v) is 5.90. The number of hydrogen-bond donors (Lipinski definition) is 1. The van der Waals surface area contributed by atoms with Crippen LogP contribution in [0, 0.1) is 0 Å². The first-order chi connectivity index (χ1) is 13.3. The first kappa shape index (κ1) is 21.0. The number of nitrogens with zero attached hydrogens (tertiary/aromatic N) is 2. The Hall–Kier alpha value is -1.69. The van der Waals surface area contributed by atoms with Gasteiger partial charge in [0.05, 0.1) is 0 Å². The molecule has 28 heavy (non-hydrogen) atoms. The maximum Gasteiger partial charge on any atom is 0.227 e. The number of nitrogens with one attached hydrogen (secondary N) is 1. The molecular weight excluding hydrogens is 418 g/mol. The number of aromatic nitrogens is 2. The van der Waals surface area contributed by atoms with Crippen LogP contribution in [0.15, 0.2) is 33.3 Å². The number of benzene rings is 1. The molecule has 1 aliphatic rings. The van der Waals surface area contributed by atoms with E-state index in [4.69, 9.17) is 4.52 Å². The Morgan fingerprint density at radius 2 is 1.86 bits per heavy atom. The topological polar surface area (TPSA) is 68.0 Å². The van der Waals surface area contributed by atoms with Gasteiger partial charge < -0.3 is 9.84 Å². The van der Waals surface area contributed by atoms with E-state index in [2.05, 4.69) is 55.7 Å². The summed E-state index contributed by atoms with van der Waals surface area (Å²) in [5.74, 6) is 1.28. The van der Waals surface area contributed by atoms with Gasteiger partial charge in [-0.25, -0.2) is 0 Å². The highest BCUT2D eigenvalue weighted by Gasteiger charge is 2.33. The summed E-state index contributed by atoms with van der Waals surface area (Å²) in [4.78, 5) is 17.2. The molecule has 0 saturated heterocycles. The zero-order valence-corrected chi connectivity index (χ0v) is 18.6. The van der Waals surface area contributed by atoms with Gasteiger partial charge in [-0.15, -0.1) is 0 Å². The van der Waals surface area contributed by atoms with E-state index in [1.54, 1.807) is 0 Å². The first-order valence-electron chi connectivity index (χ1n) is 10.1. The van der Waals surface area contributed by atoms with Crippen LogP contribution in [0.25, 0.3) is 0 Å². The van der Waals surface area contributed by atoms with Gasteiger partial charge in [-0.3, -0.25) is 4.79 Å². The van der Waals surface area contributed by atoms with E-state index >= 15 is 0 Å². The summed E-state index contributed by atoms with van der Waals surface area (Å²) in [7, 11) is 0. The van der Waals surface area contributed by atoms with Crippen molar-refractivity contribution < 1.29 is 9.32 Å². The molecule has 0 aliphatic heterocycles. The molecule has 1 aliphatic carbocycles. The van der Waals surface area contributed by atoms with Gasteiger partial charge in [0.25, 0.3) is 0 Å². The molecule has 0 atom stereocenters. The summed E-state index contributed by atoms with van der Waals surface area (Å²) in [6.45, 7) is 6.13. The number of carbonyl (C=O) groups excluding carboxylic acids is 1. The molecule has 152 valence electrons. The number of carbonyl (C=O) groups is 1. The Morgan fingerprint density at radius 1 is 1.18 bits per heavy atom. The van der Waals surface area contributed by atoms with E-state index in [-0.39, 0.29) is 16.9 Å². The fourth-order valence-electron chi connectivity index (χ4n) is 3.81. The molecule has 1 fully saturated rings. The van der Waals surface area contributed by atoms with Crippen LogP contribution in [0.5, 0.6) is 0 Å². The van der Waals surface area contributed by atoms with Crippen LogP contribution >= 0.6 is 15.9 Å². The van der Waals surface area contributed by atoms with Gasteiger partial charge in [0.1, 0.15) is 0 Å². The Bertz CT molecular complexity index is 787. The monoisotopic (exact) mass is 447 g/mol. The first-order valence-corrected chi connectivity index (χ1v) is 10.9. The van der Waals surface area contributed by atoms with Crippen LogP contribution < -0.4 is 5.32 Å². The van der Waals surface area contributed by atoms with Crippen molar-refractivity contribution in [2.24, 2.45) is 0 Å². The largest absolute Gasteiger partial charge is 0.350 e. The minimum atomic E-state index is -0.152. The van der Waals surface area contributed by atoms with Crippen LogP contribution in [0.3, 0.4) is 0 Å². The highest BCUT2D eigenvalue weighted by Crippen LogP contribution is 2.32. The number of hydrogen-bond acceptors (Lipinski definition) is 4. The predicted octanol–water partition coefficient (Wildman–Crippen LogP) is 5.12. The molecule has 1 amide bonds. The smallest absolute Gasteiger partial charge is 0.227 e. The second-order valence-corrected chi connectivity index (χ2v) is 9.87. The molecule has 1 saturated carbocycles. The van der Waals surface area contributed by atoms with Crippen molar-refractivity contribution in [2.45, 2.75) is 83.1 Å². The van der Waals surface area contributed by atoms with Crippen molar-refractivity contribution in [1.29, 1.82) is 0 Å². The third kappa shape index (κ3) is 5.66. The van der Waals surface area contributed by atoms with E-state index in [0.29, 0.717) is 24.6 Å². The molecule has 5 nitrogen and oxygen atoms in total. The molecule has 1 aromatic carbocycles. The minimum Gasteiger partial charge on any atom is -0.350 e. The van der Waals surface area contributed by atoms with Crippen molar-refractivity contribution in [3.8, 4) is 0 Å². The van der Waals surface area contributed by atoms with Gasteiger partial charge in [-0.1, -0.05) is 73.3 Å². The number of halogens is 1. The Balaban J connectivity index is 1.61.